The minimum Gasteiger partial charge on any atom is -0.354 e. The van der Waals surface area contributed by atoms with E-state index in [0.717, 1.165) is 21.2 Å². The maximum absolute atomic E-state index is 13.1. The molecule has 5 heteroatoms. The van der Waals surface area contributed by atoms with Crippen LogP contribution in [0, 0.1) is 12.7 Å². The van der Waals surface area contributed by atoms with Gasteiger partial charge in [-0.3, -0.25) is 4.79 Å². The van der Waals surface area contributed by atoms with Gasteiger partial charge in [-0.2, -0.15) is 0 Å². The SMILES string of the molecule is Cc1cc(F)ccc1CCNC(=O)C(C)(N)c1ccc(Br)cc1. The molecule has 0 aromatic heterocycles. The minimum absolute atomic E-state index is 0.236. The topological polar surface area (TPSA) is 55.1 Å². The molecular formula is C18H20BrFN2O. The van der Waals surface area contributed by atoms with E-state index in [4.69, 9.17) is 5.73 Å². The smallest absolute Gasteiger partial charge is 0.244 e. The monoisotopic (exact) mass is 378 g/mol. The summed E-state index contributed by atoms with van der Waals surface area (Å²) < 4.78 is 14.0. The molecule has 3 nitrogen and oxygen atoms in total. The Hall–Kier alpha value is -1.72. The van der Waals surface area contributed by atoms with Crippen LogP contribution in [0.3, 0.4) is 0 Å². The number of aryl methyl sites for hydroxylation is 1. The number of nitrogens with one attached hydrogen (secondary N) is 1. The summed E-state index contributed by atoms with van der Waals surface area (Å²) in [4.78, 5) is 12.4. The molecule has 0 aliphatic rings. The Labute approximate surface area is 144 Å². The molecule has 1 amide bonds. The Balaban J connectivity index is 1.97. The highest BCUT2D eigenvalue weighted by Crippen LogP contribution is 2.20. The number of carbonyl (C=O) groups excluding carboxylic acids is 1. The molecule has 0 heterocycles. The van der Waals surface area contributed by atoms with Crippen molar-refractivity contribution in [2.45, 2.75) is 25.8 Å². The van der Waals surface area contributed by atoms with E-state index in [1.165, 1.54) is 12.1 Å². The van der Waals surface area contributed by atoms with E-state index in [2.05, 4.69) is 21.2 Å². The highest BCUT2D eigenvalue weighted by molar-refractivity contribution is 9.10. The highest BCUT2D eigenvalue weighted by atomic mass is 79.9. The van der Waals surface area contributed by atoms with Crippen molar-refractivity contribution in [2.24, 2.45) is 5.73 Å². The van der Waals surface area contributed by atoms with E-state index in [1.54, 1.807) is 13.0 Å². The molecule has 1 atom stereocenters. The fourth-order valence-corrected chi connectivity index (χ4v) is 2.63. The van der Waals surface area contributed by atoms with Crippen molar-refractivity contribution in [1.82, 2.24) is 5.32 Å². The van der Waals surface area contributed by atoms with Crippen molar-refractivity contribution < 1.29 is 9.18 Å². The van der Waals surface area contributed by atoms with Gasteiger partial charge in [0.15, 0.2) is 0 Å². The molecule has 2 aromatic carbocycles. The molecule has 0 aliphatic heterocycles. The maximum atomic E-state index is 13.1. The molecular weight excluding hydrogens is 359 g/mol. The third-order valence-corrected chi connectivity index (χ3v) is 4.43. The second-order valence-corrected chi connectivity index (χ2v) is 6.70. The van der Waals surface area contributed by atoms with E-state index in [0.29, 0.717) is 13.0 Å². The third-order valence-electron chi connectivity index (χ3n) is 3.90. The van der Waals surface area contributed by atoms with Gasteiger partial charge in [-0.25, -0.2) is 4.39 Å². The average Bonchev–Trinajstić information content (AvgIpc) is 2.49. The van der Waals surface area contributed by atoms with E-state index in [1.807, 2.05) is 31.2 Å². The van der Waals surface area contributed by atoms with Crippen LogP contribution in [-0.4, -0.2) is 12.5 Å². The second-order valence-electron chi connectivity index (χ2n) is 5.79. The summed E-state index contributed by atoms with van der Waals surface area (Å²) in [5.74, 6) is -0.486. The predicted molar refractivity (Wildman–Crippen MR) is 93.5 cm³/mol. The van der Waals surface area contributed by atoms with E-state index in [9.17, 15) is 9.18 Å². The Morgan fingerprint density at radius 3 is 2.52 bits per heavy atom. The first kappa shape index (κ1) is 17.6. The number of amides is 1. The summed E-state index contributed by atoms with van der Waals surface area (Å²) in [6.45, 7) is 4.00. The average molecular weight is 379 g/mol. The van der Waals surface area contributed by atoms with Crippen LogP contribution < -0.4 is 11.1 Å². The number of hydrogen-bond donors (Lipinski definition) is 2. The molecule has 0 spiro atoms. The van der Waals surface area contributed by atoms with Gasteiger partial charge in [-0.15, -0.1) is 0 Å². The lowest BCUT2D eigenvalue weighted by Gasteiger charge is -2.24. The fraction of sp³-hybridized carbons (Fsp3) is 0.278. The van der Waals surface area contributed by atoms with Gasteiger partial charge in [0, 0.05) is 11.0 Å². The lowest BCUT2D eigenvalue weighted by atomic mass is 9.92. The largest absolute Gasteiger partial charge is 0.354 e. The standard InChI is InChI=1S/C18H20BrFN2O/c1-12-11-16(20)8-3-13(12)9-10-22-17(23)18(2,21)14-4-6-15(19)7-5-14/h3-8,11H,9-10,21H2,1-2H3,(H,22,23). The zero-order valence-electron chi connectivity index (χ0n) is 13.2. The van der Waals surface area contributed by atoms with Crippen molar-refractivity contribution in [2.75, 3.05) is 6.54 Å². The van der Waals surface area contributed by atoms with Crippen molar-refractivity contribution in [3.63, 3.8) is 0 Å². The first-order valence-electron chi connectivity index (χ1n) is 7.39. The molecule has 0 aliphatic carbocycles. The van der Waals surface area contributed by atoms with Crippen LogP contribution in [0.15, 0.2) is 46.9 Å². The van der Waals surface area contributed by atoms with Gasteiger partial charge in [0.1, 0.15) is 11.4 Å². The first-order valence-corrected chi connectivity index (χ1v) is 8.18. The number of rotatable bonds is 5. The Morgan fingerprint density at radius 1 is 1.26 bits per heavy atom. The molecule has 122 valence electrons. The molecule has 23 heavy (non-hydrogen) atoms. The molecule has 3 N–H and O–H groups in total. The van der Waals surface area contributed by atoms with Gasteiger partial charge in [0.05, 0.1) is 0 Å². The molecule has 0 saturated heterocycles. The van der Waals surface area contributed by atoms with Gasteiger partial charge in [-0.1, -0.05) is 34.1 Å². The predicted octanol–water partition coefficient (Wildman–Crippen LogP) is 3.43. The summed E-state index contributed by atoms with van der Waals surface area (Å²) >= 11 is 3.36. The van der Waals surface area contributed by atoms with Crippen LogP contribution in [0.25, 0.3) is 0 Å². The fourth-order valence-electron chi connectivity index (χ4n) is 2.36. The highest BCUT2D eigenvalue weighted by Gasteiger charge is 2.30. The molecule has 2 aromatic rings. The normalized spacial score (nSPS) is 13.4. The van der Waals surface area contributed by atoms with E-state index in [-0.39, 0.29) is 11.7 Å². The van der Waals surface area contributed by atoms with Crippen molar-refractivity contribution in [3.8, 4) is 0 Å². The zero-order valence-corrected chi connectivity index (χ0v) is 14.8. The van der Waals surface area contributed by atoms with Crippen molar-refractivity contribution in [3.05, 3.63) is 69.4 Å². The Bertz CT molecular complexity index is 699. The van der Waals surface area contributed by atoms with Crippen LogP contribution in [0.4, 0.5) is 4.39 Å². The molecule has 0 radical (unpaired) electrons. The second kappa shape index (κ2) is 7.23. The van der Waals surface area contributed by atoms with Crippen LogP contribution in [0.5, 0.6) is 0 Å². The van der Waals surface area contributed by atoms with Gasteiger partial charge >= 0.3 is 0 Å². The van der Waals surface area contributed by atoms with Gasteiger partial charge in [-0.05, 0) is 61.2 Å². The van der Waals surface area contributed by atoms with Crippen LogP contribution in [0.2, 0.25) is 0 Å². The summed E-state index contributed by atoms with van der Waals surface area (Å²) in [6.07, 6.45) is 0.633. The summed E-state index contributed by atoms with van der Waals surface area (Å²) in [7, 11) is 0. The zero-order chi connectivity index (χ0) is 17.0. The Morgan fingerprint density at radius 2 is 1.91 bits per heavy atom. The Kier molecular flexibility index (Phi) is 5.55. The quantitative estimate of drug-likeness (QED) is 0.837. The molecule has 0 fully saturated rings. The lowest BCUT2D eigenvalue weighted by molar-refractivity contribution is -0.126. The number of carbonyl (C=O) groups is 1. The minimum atomic E-state index is -1.10. The van der Waals surface area contributed by atoms with Crippen LogP contribution >= 0.6 is 15.9 Å². The van der Waals surface area contributed by atoms with Crippen LogP contribution in [-0.2, 0) is 16.8 Å². The third kappa shape index (κ3) is 4.39. The number of hydrogen-bond acceptors (Lipinski definition) is 2. The first-order chi connectivity index (χ1) is 10.8. The van der Waals surface area contributed by atoms with E-state index < -0.39 is 5.54 Å². The molecule has 0 saturated carbocycles. The maximum Gasteiger partial charge on any atom is 0.244 e. The summed E-state index contributed by atoms with van der Waals surface area (Å²) in [5, 5.41) is 2.86. The van der Waals surface area contributed by atoms with Gasteiger partial charge in [0.25, 0.3) is 0 Å². The number of nitrogens with two attached hydrogens (primary N) is 1. The van der Waals surface area contributed by atoms with Gasteiger partial charge in [0.2, 0.25) is 5.91 Å². The lowest BCUT2D eigenvalue weighted by Crippen LogP contribution is -2.49. The van der Waals surface area contributed by atoms with Crippen molar-refractivity contribution in [1.29, 1.82) is 0 Å². The number of halogens is 2. The van der Waals surface area contributed by atoms with E-state index >= 15 is 0 Å². The molecule has 0 bridgehead atoms. The molecule has 2 rings (SSSR count). The van der Waals surface area contributed by atoms with Crippen LogP contribution in [0.1, 0.15) is 23.6 Å². The molecule has 1 unspecified atom stereocenters. The summed E-state index contributed by atoms with van der Waals surface area (Å²) in [6, 6.07) is 12.0. The van der Waals surface area contributed by atoms with Gasteiger partial charge < -0.3 is 11.1 Å². The summed E-state index contributed by atoms with van der Waals surface area (Å²) in [5.41, 5.74) is 7.72. The van der Waals surface area contributed by atoms with Crippen molar-refractivity contribution >= 4 is 21.8 Å². The number of benzene rings is 2.